The molecule has 0 atom stereocenters. The number of rotatable bonds is 6. The zero-order chi connectivity index (χ0) is 11.4. The van der Waals surface area contributed by atoms with Crippen LogP contribution in [0.25, 0.3) is 0 Å². The highest BCUT2D eigenvalue weighted by atomic mass is 32.2. The number of halogens is 2. The molecule has 0 unspecified atom stereocenters. The predicted molar refractivity (Wildman–Crippen MR) is 37.0 cm³/mol. The summed E-state index contributed by atoms with van der Waals surface area (Å²) in [5, 5.41) is 0. The first-order valence-corrected chi connectivity index (χ1v) is 5.95. The molecule has 0 saturated heterocycles. The normalized spacial score (nSPS) is 12.7. The number of Topliss-reactive ketones (excluding diaryl/α,β-unsaturated/α-hetero) is 1. The highest BCUT2D eigenvalue weighted by Crippen LogP contribution is 1.99. The van der Waals surface area contributed by atoms with Gasteiger partial charge in [-0.3, -0.25) is 4.79 Å². The van der Waals surface area contributed by atoms with Gasteiger partial charge in [0.1, 0.15) is 11.5 Å². The van der Waals surface area contributed by atoms with Crippen molar-refractivity contribution in [2.45, 2.75) is 0 Å². The Labute approximate surface area is 77.7 Å². The lowest BCUT2D eigenvalue weighted by molar-refractivity contribution is -0.115. The van der Waals surface area contributed by atoms with Crippen LogP contribution in [0.3, 0.4) is 0 Å². The van der Waals surface area contributed by atoms with Crippen LogP contribution in [0, 0.1) is 0 Å². The second-order valence-electron chi connectivity index (χ2n) is 2.07. The zero-order valence-corrected chi connectivity index (χ0v) is 7.98. The lowest BCUT2D eigenvalue weighted by Crippen LogP contribution is -2.24. The minimum atomic E-state index is -4.76. The molecule has 7 nitrogen and oxygen atoms in total. The fourth-order valence-corrected chi connectivity index (χ4v) is 1.69. The van der Waals surface area contributed by atoms with E-state index in [-0.39, 0.29) is 0 Å². The van der Waals surface area contributed by atoms with Crippen molar-refractivity contribution < 1.29 is 39.5 Å². The highest BCUT2D eigenvalue weighted by molar-refractivity contribution is 7.89. The van der Waals surface area contributed by atoms with Crippen molar-refractivity contribution in [3.05, 3.63) is 0 Å². The number of carbonyl (C=O) groups is 1. The van der Waals surface area contributed by atoms with Gasteiger partial charge in [0.15, 0.2) is 5.78 Å². The monoisotopic (exact) mass is 254 g/mol. The maximum Gasteiger partial charge on any atom is 0.305 e. The van der Waals surface area contributed by atoms with Crippen LogP contribution in [-0.4, -0.2) is 34.1 Å². The Kier molecular flexibility index (Phi) is 4.51. The van der Waals surface area contributed by atoms with E-state index < -0.39 is 37.5 Å². The first kappa shape index (κ1) is 13.4. The second-order valence-corrected chi connectivity index (χ2v) is 5.13. The van der Waals surface area contributed by atoms with Gasteiger partial charge in [-0.25, -0.2) is 0 Å². The van der Waals surface area contributed by atoms with E-state index in [2.05, 4.69) is 8.78 Å². The fraction of sp³-hybridized carbons (Fsp3) is 0.667. The van der Waals surface area contributed by atoms with Crippen LogP contribution in [0.1, 0.15) is 0 Å². The van der Waals surface area contributed by atoms with Gasteiger partial charge < -0.3 is 0 Å². The molecule has 11 heteroatoms. The van der Waals surface area contributed by atoms with Crippen molar-refractivity contribution in [2.24, 2.45) is 0 Å². The molecular formula is C3H4F2O7S2. The molecule has 0 N–H and O–H groups in total. The van der Waals surface area contributed by atoms with E-state index in [4.69, 9.17) is 0 Å². The predicted octanol–water partition coefficient (Wildman–Crippen LogP) is -0.983. The molecule has 0 saturated carbocycles. The van der Waals surface area contributed by atoms with Crippen molar-refractivity contribution in [1.82, 2.24) is 0 Å². The number of carbonyl (C=O) groups excluding carboxylic acids is 1. The Morgan fingerprint density at radius 1 is 0.929 bits per heavy atom. The first-order valence-electron chi connectivity index (χ1n) is 2.80. The zero-order valence-electron chi connectivity index (χ0n) is 6.34. The van der Waals surface area contributed by atoms with Gasteiger partial charge in [-0.2, -0.15) is 16.8 Å². The maximum absolute atomic E-state index is 11.2. The van der Waals surface area contributed by atoms with Crippen LogP contribution >= 0.6 is 0 Å². The van der Waals surface area contributed by atoms with Crippen LogP contribution < -0.4 is 0 Å². The van der Waals surface area contributed by atoms with Crippen molar-refractivity contribution in [3.8, 4) is 0 Å². The molecular weight excluding hydrogens is 250 g/mol. The minimum Gasteiger partial charge on any atom is -0.297 e. The van der Waals surface area contributed by atoms with Crippen LogP contribution in [0.2, 0.25) is 0 Å². The smallest absolute Gasteiger partial charge is 0.297 e. The summed E-state index contributed by atoms with van der Waals surface area (Å²) in [6, 6.07) is 0. The maximum atomic E-state index is 11.2. The van der Waals surface area contributed by atoms with Crippen molar-refractivity contribution in [2.75, 3.05) is 11.5 Å². The molecule has 0 rings (SSSR count). The van der Waals surface area contributed by atoms with Crippen molar-refractivity contribution in [1.29, 1.82) is 0 Å². The Morgan fingerprint density at radius 3 is 1.43 bits per heavy atom. The molecule has 0 aromatic rings. The van der Waals surface area contributed by atoms with Crippen LogP contribution in [0.4, 0.5) is 9.05 Å². The average molecular weight is 254 g/mol. The molecule has 0 aliphatic carbocycles. The van der Waals surface area contributed by atoms with Crippen LogP contribution in [0.15, 0.2) is 0 Å². The lowest BCUT2D eigenvalue weighted by Gasteiger charge is -1.97. The summed E-state index contributed by atoms with van der Waals surface area (Å²) in [5.41, 5.74) is 0. The van der Waals surface area contributed by atoms with Gasteiger partial charge in [0.2, 0.25) is 0 Å². The van der Waals surface area contributed by atoms with E-state index >= 15 is 0 Å². The van der Waals surface area contributed by atoms with Crippen molar-refractivity contribution in [3.63, 3.8) is 0 Å². The SMILES string of the molecule is O=C(CS(=O)(=O)OF)CS(=O)(=O)OF. The third-order valence-electron chi connectivity index (χ3n) is 0.867. The molecule has 0 aliphatic rings. The quantitative estimate of drug-likeness (QED) is 0.599. The third kappa shape index (κ3) is 5.16. The van der Waals surface area contributed by atoms with E-state index in [0.717, 1.165) is 0 Å². The molecule has 0 radical (unpaired) electrons. The van der Waals surface area contributed by atoms with Gasteiger partial charge in [0.05, 0.1) is 0 Å². The van der Waals surface area contributed by atoms with Crippen molar-refractivity contribution >= 4 is 26.0 Å². The Balaban J connectivity index is 4.42. The van der Waals surface area contributed by atoms with Gasteiger partial charge >= 0.3 is 20.2 Å². The topological polar surface area (TPSA) is 104 Å². The Bertz CT molecular complexity index is 357. The summed E-state index contributed by atoms with van der Waals surface area (Å²) in [6.07, 6.45) is 0. The molecule has 0 aromatic heterocycles. The molecule has 84 valence electrons. The molecule has 0 aromatic carbocycles. The van der Waals surface area contributed by atoms with Gasteiger partial charge in [-0.05, 0) is 9.05 Å². The summed E-state index contributed by atoms with van der Waals surface area (Å²) in [5.74, 6) is -4.53. The highest BCUT2D eigenvalue weighted by Gasteiger charge is 2.24. The number of ketones is 1. The largest absolute Gasteiger partial charge is 0.305 e. The summed E-state index contributed by atoms with van der Waals surface area (Å²) >= 11 is 0. The molecule has 0 aliphatic heterocycles. The fourth-order valence-electron chi connectivity index (χ4n) is 0.481. The number of hydrogen-bond donors (Lipinski definition) is 0. The molecule has 0 fully saturated rings. The van der Waals surface area contributed by atoms with E-state index in [0.29, 0.717) is 0 Å². The first-order chi connectivity index (χ1) is 6.22. The molecule has 0 heterocycles. The third-order valence-corrected chi connectivity index (χ3v) is 2.60. The minimum absolute atomic E-state index is 1.49. The standard InChI is InChI=1S/C3H4F2O7S2/c4-11-13(7,8)1-3(6)2-14(9,10)12-5/h1-2H2. The summed E-state index contributed by atoms with van der Waals surface area (Å²) in [4.78, 5) is 10.5. The molecule has 0 bridgehead atoms. The number of hydrogen-bond acceptors (Lipinski definition) is 7. The van der Waals surface area contributed by atoms with Gasteiger partial charge in [-0.15, -0.1) is 0 Å². The Hall–Kier alpha value is -0.650. The molecule has 0 amide bonds. The summed E-state index contributed by atoms with van der Waals surface area (Å²) in [6.45, 7) is 0. The Morgan fingerprint density at radius 2 is 1.21 bits per heavy atom. The second kappa shape index (κ2) is 4.72. The lowest BCUT2D eigenvalue weighted by atomic mass is 10.5. The van der Waals surface area contributed by atoms with E-state index in [1.54, 1.807) is 0 Å². The average Bonchev–Trinajstić information content (AvgIpc) is 2.02. The van der Waals surface area contributed by atoms with Crippen LogP contribution in [0.5, 0.6) is 0 Å². The van der Waals surface area contributed by atoms with Gasteiger partial charge in [-0.1, -0.05) is 8.78 Å². The van der Waals surface area contributed by atoms with Gasteiger partial charge in [0, 0.05) is 0 Å². The molecule has 14 heavy (non-hydrogen) atoms. The summed E-state index contributed by atoms with van der Waals surface area (Å²) in [7, 11) is -9.52. The summed E-state index contributed by atoms with van der Waals surface area (Å²) < 4.78 is 68.0. The van der Waals surface area contributed by atoms with E-state index in [1.807, 2.05) is 0 Å². The molecule has 0 spiro atoms. The van der Waals surface area contributed by atoms with E-state index in [9.17, 15) is 30.7 Å². The van der Waals surface area contributed by atoms with E-state index in [1.165, 1.54) is 0 Å². The van der Waals surface area contributed by atoms with Gasteiger partial charge in [0.25, 0.3) is 0 Å². The van der Waals surface area contributed by atoms with Crippen LogP contribution in [-0.2, 0) is 33.8 Å².